The number of amides is 1. The Hall–Kier alpha value is -0.810. The van der Waals surface area contributed by atoms with Gasteiger partial charge in [-0.1, -0.05) is 36.2 Å². The lowest BCUT2D eigenvalue weighted by atomic mass is 9.81. The molecule has 1 aliphatic rings. The van der Waals surface area contributed by atoms with Crippen LogP contribution in [0.5, 0.6) is 0 Å². The summed E-state index contributed by atoms with van der Waals surface area (Å²) in [5.74, 6) is -0.0953. The van der Waals surface area contributed by atoms with Crippen LogP contribution in [0.2, 0.25) is 10.0 Å². The number of halogens is 2. The molecule has 0 unspecified atom stereocenters. The summed E-state index contributed by atoms with van der Waals surface area (Å²) in [7, 11) is 0. The molecule has 2 N–H and O–H groups in total. The maximum Gasteiger partial charge on any atom is 0.262 e. The maximum absolute atomic E-state index is 12.5. The maximum atomic E-state index is 12.5. The van der Waals surface area contributed by atoms with Gasteiger partial charge >= 0.3 is 0 Å². The van der Waals surface area contributed by atoms with Crippen LogP contribution in [0.4, 0.5) is 0 Å². The molecule has 6 heteroatoms. The summed E-state index contributed by atoms with van der Waals surface area (Å²) in [6, 6.07) is 5.50. The highest BCUT2D eigenvalue weighted by atomic mass is 35.5. The van der Waals surface area contributed by atoms with Crippen LogP contribution in [-0.2, 0) is 0 Å². The summed E-state index contributed by atoms with van der Waals surface area (Å²) in [6.07, 6.45) is 2.14. The van der Waals surface area contributed by atoms with Crippen LogP contribution in [0.1, 0.15) is 29.4 Å². The summed E-state index contributed by atoms with van der Waals surface area (Å²) in [4.78, 5) is 13.0. The van der Waals surface area contributed by atoms with Gasteiger partial charge < -0.3 is 10.6 Å². The first-order chi connectivity index (χ1) is 10.5. The summed E-state index contributed by atoms with van der Waals surface area (Å²) in [6.45, 7) is 4.92. The number of benzene rings is 1. The quantitative estimate of drug-likeness (QED) is 0.859. The summed E-state index contributed by atoms with van der Waals surface area (Å²) < 4.78 is 0.940. The van der Waals surface area contributed by atoms with Crippen molar-refractivity contribution in [3.05, 3.63) is 33.1 Å². The predicted octanol–water partition coefficient (Wildman–Crippen LogP) is 4.33. The van der Waals surface area contributed by atoms with E-state index in [0.717, 1.165) is 36.0 Å². The molecule has 0 radical (unpaired) electrons. The van der Waals surface area contributed by atoms with Crippen LogP contribution in [0.15, 0.2) is 18.2 Å². The van der Waals surface area contributed by atoms with Crippen LogP contribution >= 0.6 is 34.5 Å². The Kier molecular flexibility index (Phi) is 4.64. The minimum atomic E-state index is -0.0953. The molecule has 0 atom stereocenters. The number of piperidine rings is 1. The smallest absolute Gasteiger partial charge is 0.262 e. The zero-order valence-corrected chi connectivity index (χ0v) is 14.7. The SMILES string of the molecule is CC1(CNC(=O)c2sc3cc(Cl)ccc3c2Cl)CCNCC1. The van der Waals surface area contributed by atoms with Gasteiger partial charge in [0.05, 0.1) is 5.02 Å². The van der Waals surface area contributed by atoms with Gasteiger partial charge in [-0.05, 0) is 43.5 Å². The third-order valence-electron chi connectivity index (χ3n) is 4.28. The van der Waals surface area contributed by atoms with Crippen molar-refractivity contribution in [1.82, 2.24) is 10.6 Å². The summed E-state index contributed by atoms with van der Waals surface area (Å²) in [5.41, 5.74) is 0.160. The largest absolute Gasteiger partial charge is 0.351 e. The zero-order valence-electron chi connectivity index (χ0n) is 12.3. The van der Waals surface area contributed by atoms with Gasteiger partial charge in [0, 0.05) is 21.7 Å². The molecular weight excluding hydrogens is 339 g/mol. The highest BCUT2D eigenvalue weighted by Crippen LogP contribution is 2.37. The van der Waals surface area contributed by atoms with Gasteiger partial charge in [-0.25, -0.2) is 0 Å². The number of nitrogens with one attached hydrogen (secondary N) is 2. The molecule has 1 aliphatic heterocycles. The average Bonchev–Trinajstić information content (AvgIpc) is 2.82. The summed E-state index contributed by atoms with van der Waals surface area (Å²) in [5, 5.41) is 8.45. The van der Waals surface area contributed by atoms with Crippen molar-refractivity contribution in [3.63, 3.8) is 0 Å². The fourth-order valence-electron chi connectivity index (χ4n) is 2.77. The molecule has 1 amide bonds. The predicted molar refractivity (Wildman–Crippen MR) is 94.4 cm³/mol. The third-order valence-corrected chi connectivity index (χ3v) is 6.18. The van der Waals surface area contributed by atoms with Gasteiger partial charge in [-0.2, -0.15) is 0 Å². The second-order valence-corrected chi connectivity index (χ2v) is 8.00. The summed E-state index contributed by atoms with van der Waals surface area (Å²) >= 11 is 13.7. The first kappa shape index (κ1) is 16.1. The topological polar surface area (TPSA) is 41.1 Å². The molecular formula is C16H18Cl2N2OS. The molecule has 0 bridgehead atoms. The highest BCUT2D eigenvalue weighted by molar-refractivity contribution is 7.21. The van der Waals surface area contributed by atoms with Gasteiger partial charge in [-0.15, -0.1) is 11.3 Å². The first-order valence-electron chi connectivity index (χ1n) is 7.35. The third kappa shape index (κ3) is 3.25. The van der Waals surface area contributed by atoms with Gasteiger partial charge in [0.2, 0.25) is 0 Å². The fourth-order valence-corrected chi connectivity index (χ4v) is 4.48. The molecule has 1 aromatic carbocycles. The Bertz CT molecular complexity index is 707. The lowest BCUT2D eigenvalue weighted by molar-refractivity contribution is 0.0926. The molecule has 0 aliphatic carbocycles. The van der Waals surface area contributed by atoms with E-state index in [-0.39, 0.29) is 11.3 Å². The Morgan fingerprint density at radius 2 is 2.09 bits per heavy atom. The number of rotatable bonds is 3. The number of carbonyl (C=O) groups is 1. The average molecular weight is 357 g/mol. The van der Waals surface area contributed by atoms with E-state index in [9.17, 15) is 4.79 Å². The molecule has 1 saturated heterocycles. The number of fused-ring (bicyclic) bond motifs is 1. The first-order valence-corrected chi connectivity index (χ1v) is 8.92. The van der Waals surface area contributed by atoms with Crippen LogP contribution in [0.25, 0.3) is 10.1 Å². The van der Waals surface area contributed by atoms with Crippen molar-refractivity contribution in [2.45, 2.75) is 19.8 Å². The highest BCUT2D eigenvalue weighted by Gasteiger charge is 2.28. The lowest BCUT2D eigenvalue weighted by Gasteiger charge is -2.34. The molecule has 0 spiro atoms. The van der Waals surface area contributed by atoms with Crippen LogP contribution in [0, 0.1) is 5.41 Å². The molecule has 1 fully saturated rings. The Labute approximate surface area is 144 Å². The zero-order chi connectivity index (χ0) is 15.7. The fraction of sp³-hybridized carbons (Fsp3) is 0.438. The van der Waals surface area contributed by atoms with Crippen LogP contribution in [-0.4, -0.2) is 25.5 Å². The molecule has 2 aromatic rings. The van der Waals surface area contributed by atoms with Gasteiger partial charge in [0.1, 0.15) is 4.88 Å². The van der Waals surface area contributed by atoms with Gasteiger partial charge in [-0.3, -0.25) is 4.79 Å². The van der Waals surface area contributed by atoms with Gasteiger partial charge in [0.25, 0.3) is 5.91 Å². The molecule has 118 valence electrons. The minimum absolute atomic E-state index is 0.0953. The molecule has 2 heterocycles. The van der Waals surface area contributed by atoms with E-state index in [1.807, 2.05) is 12.1 Å². The van der Waals surface area contributed by atoms with Crippen molar-refractivity contribution in [3.8, 4) is 0 Å². The monoisotopic (exact) mass is 356 g/mol. The van der Waals surface area contributed by atoms with E-state index in [1.165, 1.54) is 11.3 Å². The Balaban J connectivity index is 1.76. The lowest BCUT2D eigenvalue weighted by Crippen LogP contribution is -2.42. The molecule has 1 aromatic heterocycles. The van der Waals surface area contributed by atoms with E-state index < -0.39 is 0 Å². The van der Waals surface area contributed by atoms with E-state index in [0.29, 0.717) is 21.5 Å². The van der Waals surface area contributed by atoms with E-state index >= 15 is 0 Å². The van der Waals surface area contributed by atoms with Crippen molar-refractivity contribution < 1.29 is 4.79 Å². The second kappa shape index (κ2) is 6.36. The number of hydrogen-bond donors (Lipinski definition) is 2. The van der Waals surface area contributed by atoms with Crippen molar-refractivity contribution in [1.29, 1.82) is 0 Å². The van der Waals surface area contributed by atoms with Crippen molar-refractivity contribution in [2.75, 3.05) is 19.6 Å². The molecule has 3 rings (SSSR count). The van der Waals surface area contributed by atoms with Crippen LogP contribution in [0.3, 0.4) is 0 Å². The number of thiophene rings is 1. The minimum Gasteiger partial charge on any atom is -0.351 e. The van der Waals surface area contributed by atoms with E-state index in [1.54, 1.807) is 6.07 Å². The Morgan fingerprint density at radius 3 is 2.82 bits per heavy atom. The normalized spacial score (nSPS) is 17.6. The van der Waals surface area contributed by atoms with Crippen molar-refractivity contribution >= 4 is 50.5 Å². The number of hydrogen-bond acceptors (Lipinski definition) is 3. The standard InChI is InChI=1S/C16H18Cl2N2OS/c1-16(4-6-19-7-5-16)9-20-15(21)14-13(18)11-3-2-10(17)8-12(11)22-14/h2-3,8,19H,4-7,9H2,1H3,(H,20,21). The van der Waals surface area contributed by atoms with Gasteiger partial charge in [0.15, 0.2) is 0 Å². The molecule has 22 heavy (non-hydrogen) atoms. The Morgan fingerprint density at radius 1 is 1.36 bits per heavy atom. The molecule has 3 nitrogen and oxygen atoms in total. The molecule has 0 saturated carbocycles. The number of carbonyl (C=O) groups excluding carboxylic acids is 1. The van der Waals surface area contributed by atoms with Crippen LogP contribution < -0.4 is 10.6 Å². The van der Waals surface area contributed by atoms with E-state index in [2.05, 4.69) is 17.6 Å². The van der Waals surface area contributed by atoms with Crippen molar-refractivity contribution in [2.24, 2.45) is 5.41 Å². The van der Waals surface area contributed by atoms with E-state index in [4.69, 9.17) is 23.2 Å². The second-order valence-electron chi connectivity index (χ2n) is 6.13.